The van der Waals surface area contributed by atoms with Crippen LogP contribution < -0.4 is 25.5 Å². The molecule has 6 nitrogen and oxygen atoms in total. The number of thioether (sulfide) groups is 1. The van der Waals surface area contributed by atoms with Gasteiger partial charge in [-0.05, 0) is 42.8 Å². The number of hydrogen-bond acceptors (Lipinski definition) is 7. The van der Waals surface area contributed by atoms with Crippen LogP contribution in [0.2, 0.25) is 0 Å². The lowest BCUT2D eigenvalue weighted by atomic mass is 10.1. The lowest BCUT2D eigenvalue weighted by Gasteiger charge is -2.28. The molecule has 0 saturated carbocycles. The summed E-state index contributed by atoms with van der Waals surface area (Å²) < 4.78 is 3.21. The Labute approximate surface area is 181 Å². The Bertz CT molecular complexity index is 1230. The largest absolute Gasteiger partial charge is 0.340 e. The number of likely N-dealkylation sites (N-methyl/N-ethyl adjacent to an activating group) is 1. The second-order valence-electron chi connectivity index (χ2n) is 6.59. The van der Waals surface area contributed by atoms with Crippen LogP contribution in [0.3, 0.4) is 0 Å². The van der Waals surface area contributed by atoms with E-state index < -0.39 is 0 Å². The molecule has 2 aliphatic rings. The van der Waals surface area contributed by atoms with Gasteiger partial charge >= 0.3 is 0 Å². The maximum Gasteiger partial charge on any atom is 0.283 e. The van der Waals surface area contributed by atoms with Gasteiger partial charge < -0.3 is 4.90 Å². The number of nitrogens with zero attached hydrogens (tertiary/aromatic N) is 3. The quantitative estimate of drug-likeness (QED) is 0.442. The molecule has 2 aromatic rings. The summed E-state index contributed by atoms with van der Waals surface area (Å²) in [5.74, 6) is 5.39. The summed E-state index contributed by atoms with van der Waals surface area (Å²) in [6.45, 7) is 5.32. The number of thiocarbonyl (C=S) groups is 1. The number of amides is 1. The van der Waals surface area contributed by atoms with Crippen molar-refractivity contribution < 1.29 is 4.79 Å². The van der Waals surface area contributed by atoms with E-state index in [1.807, 2.05) is 31.2 Å². The molecule has 2 aliphatic heterocycles. The van der Waals surface area contributed by atoms with Crippen LogP contribution in [0, 0.1) is 0 Å². The standard InChI is InChI=1S/C20H20N4O2S3/c1-3-11-23-17(25)15(28-19(23)16-18(26)24(21)20(27)29-16)14-10-9-12-7-5-6-8-13(12)22(14)4-2/h5-10H,3-4,11,21H2,1-2H3/b15-14-,19-16+. The molecule has 0 unspecified atom stereocenters. The molecule has 1 saturated heterocycles. The fraction of sp³-hybridized carbons (Fsp3) is 0.250. The van der Waals surface area contributed by atoms with Crippen LogP contribution in [0.5, 0.6) is 0 Å². The van der Waals surface area contributed by atoms with Crippen LogP contribution in [0.15, 0.2) is 35.1 Å². The summed E-state index contributed by atoms with van der Waals surface area (Å²) in [5, 5.41) is 0.970. The Morgan fingerprint density at radius 2 is 1.90 bits per heavy atom. The molecule has 150 valence electrons. The summed E-state index contributed by atoms with van der Waals surface area (Å²) in [7, 11) is 0. The number of anilines is 1. The predicted molar refractivity (Wildman–Crippen MR) is 125 cm³/mol. The molecule has 3 heterocycles. The van der Waals surface area contributed by atoms with Crippen molar-refractivity contribution in [2.45, 2.75) is 26.8 Å². The molecule has 4 rings (SSSR count). The van der Waals surface area contributed by atoms with Crippen molar-refractivity contribution in [3.8, 4) is 0 Å². The SMILES string of the molecule is CCCn1c(=O)/c(=C2\C=Cc3ccccc3N2CC)s/c1=C1/SC(=S)N(N)C1=O. The molecular weight excluding hydrogens is 424 g/mol. The maximum atomic E-state index is 13.4. The van der Waals surface area contributed by atoms with Gasteiger partial charge in [0.15, 0.2) is 4.32 Å². The lowest BCUT2D eigenvalue weighted by Crippen LogP contribution is -2.38. The highest BCUT2D eigenvalue weighted by molar-refractivity contribution is 8.30. The second-order valence-corrected chi connectivity index (χ2v) is 9.23. The van der Waals surface area contributed by atoms with Crippen molar-refractivity contribution in [1.29, 1.82) is 0 Å². The summed E-state index contributed by atoms with van der Waals surface area (Å²) in [6, 6.07) is 8.10. The number of nitrogens with two attached hydrogens (primary N) is 1. The van der Waals surface area contributed by atoms with E-state index in [-0.39, 0.29) is 11.5 Å². The Balaban J connectivity index is 2.04. The number of thiazole rings is 1. The number of carbonyl (C=O) groups is 1. The molecule has 0 spiro atoms. The number of fused-ring (bicyclic) bond motifs is 1. The van der Waals surface area contributed by atoms with Gasteiger partial charge in [0.05, 0.1) is 5.70 Å². The minimum absolute atomic E-state index is 0.0911. The van der Waals surface area contributed by atoms with Crippen molar-refractivity contribution in [2.75, 3.05) is 11.4 Å². The topological polar surface area (TPSA) is 71.6 Å². The predicted octanol–water partition coefficient (Wildman–Crippen LogP) is 1.82. The van der Waals surface area contributed by atoms with Crippen LogP contribution in [0.4, 0.5) is 5.69 Å². The molecule has 9 heteroatoms. The first-order valence-electron chi connectivity index (χ1n) is 9.31. The van der Waals surface area contributed by atoms with Crippen molar-refractivity contribution in [3.63, 3.8) is 0 Å². The lowest BCUT2D eigenvalue weighted by molar-refractivity contribution is -0.120. The molecule has 29 heavy (non-hydrogen) atoms. The number of carbonyl (C=O) groups excluding carboxylic acids is 1. The molecule has 0 atom stereocenters. The van der Waals surface area contributed by atoms with E-state index in [1.54, 1.807) is 4.57 Å². The second kappa shape index (κ2) is 7.91. The first-order valence-corrected chi connectivity index (χ1v) is 11.4. The number of hydrogen-bond donors (Lipinski definition) is 1. The monoisotopic (exact) mass is 444 g/mol. The highest BCUT2D eigenvalue weighted by atomic mass is 32.2. The van der Waals surface area contributed by atoms with Crippen molar-refractivity contribution >= 4 is 67.9 Å². The number of aromatic nitrogens is 1. The summed E-state index contributed by atoms with van der Waals surface area (Å²) >= 11 is 7.64. The molecular formula is C20H20N4O2S3. The Hall–Kier alpha value is -2.20. The zero-order chi connectivity index (χ0) is 20.7. The molecule has 1 aromatic carbocycles. The van der Waals surface area contributed by atoms with E-state index in [4.69, 9.17) is 18.1 Å². The highest BCUT2D eigenvalue weighted by Gasteiger charge is 2.32. The average molecular weight is 445 g/mol. The smallest absolute Gasteiger partial charge is 0.283 e. The van der Waals surface area contributed by atoms with Gasteiger partial charge in [-0.3, -0.25) is 14.2 Å². The van der Waals surface area contributed by atoms with E-state index in [9.17, 15) is 9.59 Å². The van der Waals surface area contributed by atoms with Gasteiger partial charge in [-0.25, -0.2) is 10.9 Å². The minimum atomic E-state index is -0.362. The zero-order valence-electron chi connectivity index (χ0n) is 16.0. The molecule has 1 aromatic heterocycles. The minimum Gasteiger partial charge on any atom is -0.340 e. The van der Waals surface area contributed by atoms with Crippen LogP contribution in [-0.2, 0) is 11.3 Å². The van der Waals surface area contributed by atoms with Gasteiger partial charge in [-0.15, -0.1) is 11.3 Å². The van der Waals surface area contributed by atoms with Gasteiger partial charge in [-0.1, -0.05) is 43.4 Å². The van der Waals surface area contributed by atoms with E-state index in [2.05, 4.69) is 24.0 Å². The van der Waals surface area contributed by atoms with E-state index in [0.29, 0.717) is 25.0 Å². The van der Waals surface area contributed by atoms with Crippen molar-refractivity contribution in [1.82, 2.24) is 9.58 Å². The molecule has 1 amide bonds. The molecule has 2 N–H and O–H groups in total. The fourth-order valence-electron chi connectivity index (χ4n) is 3.48. The summed E-state index contributed by atoms with van der Waals surface area (Å²) in [5.41, 5.74) is 2.94. The Morgan fingerprint density at radius 1 is 1.14 bits per heavy atom. The van der Waals surface area contributed by atoms with Crippen LogP contribution in [0.25, 0.3) is 16.7 Å². The first-order chi connectivity index (χ1) is 14.0. The molecule has 0 aliphatic carbocycles. The molecule has 0 bridgehead atoms. The van der Waals surface area contributed by atoms with Gasteiger partial charge in [0, 0.05) is 18.8 Å². The van der Waals surface area contributed by atoms with Crippen molar-refractivity contribution in [2.24, 2.45) is 5.84 Å². The number of rotatable bonds is 3. The van der Waals surface area contributed by atoms with E-state index in [1.165, 1.54) is 11.3 Å². The zero-order valence-corrected chi connectivity index (χ0v) is 18.5. The third kappa shape index (κ3) is 3.28. The van der Waals surface area contributed by atoms with E-state index in [0.717, 1.165) is 46.7 Å². The number of hydrazine groups is 1. The van der Waals surface area contributed by atoms with Gasteiger partial charge in [0.1, 0.15) is 14.1 Å². The third-order valence-corrected chi connectivity index (χ3v) is 7.54. The summed E-state index contributed by atoms with van der Waals surface area (Å²) in [4.78, 5) is 28.5. The highest BCUT2D eigenvalue weighted by Crippen LogP contribution is 2.31. The van der Waals surface area contributed by atoms with Gasteiger partial charge in [-0.2, -0.15) is 0 Å². The molecule has 0 radical (unpaired) electrons. The Kier molecular flexibility index (Phi) is 5.48. The van der Waals surface area contributed by atoms with Gasteiger partial charge in [0.2, 0.25) is 0 Å². The van der Waals surface area contributed by atoms with Crippen LogP contribution in [-0.4, -0.2) is 26.3 Å². The number of para-hydroxylation sites is 1. The molecule has 1 fully saturated rings. The summed E-state index contributed by atoms with van der Waals surface area (Å²) in [6.07, 6.45) is 4.78. The third-order valence-electron chi connectivity index (χ3n) is 4.81. The average Bonchev–Trinajstić information content (AvgIpc) is 3.18. The van der Waals surface area contributed by atoms with Crippen LogP contribution >= 0.6 is 35.3 Å². The van der Waals surface area contributed by atoms with Gasteiger partial charge in [0.25, 0.3) is 11.5 Å². The fourth-order valence-corrected chi connectivity index (χ4v) is 5.94. The first kappa shape index (κ1) is 20.1. The van der Waals surface area contributed by atoms with Crippen molar-refractivity contribution in [3.05, 3.63) is 55.5 Å². The van der Waals surface area contributed by atoms with E-state index >= 15 is 0 Å². The number of benzene rings is 1. The maximum absolute atomic E-state index is 13.4. The Morgan fingerprint density at radius 3 is 2.55 bits per heavy atom. The normalized spacial score (nSPS) is 20.0. The van der Waals surface area contributed by atoms with Crippen LogP contribution in [0.1, 0.15) is 25.8 Å².